The van der Waals surface area contributed by atoms with Crippen LogP contribution in [-0.2, 0) is 24.1 Å². The Morgan fingerprint density at radius 2 is 2.04 bits per heavy atom. The third kappa shape index (κ3) is 3.13. The van der Waals surface area contributed by atoms with Gasteiger partial charge in [-0.05, 0) is 31.2 Å². The van der Waals surface area contributed by atoms with Gasteiger partial charge in [0.1, 0.15) is 4.83 Å². The summed E-state index contributed by atoms with van der Waals surface area (Å²) < 4.78 is 6.90. The lowest BCUT2D eigenvalue weighted by molar-refractivity contribution is 0.0113. The van der Waals surface area contributed by atoms with Gasteiger partial charge in [0, 0.05) is 24.5 Å². The van der Waals surface area contributed by atoms with E-state index in [4.69, 9.17) is 4.74 Å². The van der Waals surface area contributed by atoms with Gasteiger partial charge >= 0.3 is 0 Å². The summed E-state index contributed by atoms with van der Waals surface area (Å²) in [6.07, 6.45) is 5.41. The molecule has 130 valence electrons. The maximum atomic E-state index is 12.9. The highest BCUT2D eigenvalue weighted by molar-refractivity contribution is 7.18. The lowest BCUT2D eigenvalue weighted by atomic mass is 9.97. The molecule has 0 saturated carbocycles. The highest BCUT2D eigenvalue weighted by atomic mass is 32.1. The smallest absolute Gasteiger partial charge is 0.262 e. The third-order valence-corrected chi connectivity index (χ3v) is 6.12. The third-order valence-electron chi connectivity index (χ3n) is 4.92. The number of β-amino-alcohol motifs (C(OH)–C–C–N with tert-alkyl or cyclic N) is 1. The summed E-state index contributed by atoms with van der Waals surface area (Å²) in [6, 6.07) is 0. The molecule has 1 aliphatic heterocycles. The van der Waals surface area contributed by atoms with Crippen LogP contribution in [0, 0.1) is 0 Å². The molecule has 0 amide bonds. The molecule has 1 N–H and O–H groups in total. The average molecular weight is 349 g/mol. The van der Waals surface area contributed by atoms with Crippen molar-refractivity contribution < 1.29 is 9.84 Å². The number of hydrogen-bond acceptors (Lipinski definition) is 6. The molecule has 0 spiro atoms. The van der Waals surface area contributed by atoms with E-state index >= 15 is 0 Å². The molecule has 2 aliphatic rings. The van der Waals surface area contributed by atoms with E-state index in [1.807, 2.05) is 0 Å². The number of morpholine rings is 1. The average Bonchev–Trinajstić information content (AvgIpc) is 2.97. The van der Waals surface area contributed by atoms with E-state index in [-0.39, 0.29) is 5.56 Å². The van der Waals surface area contributed by atoms with Crippen molar-refractivity contribution >= 4 is 21.6 Å². The SMILES string of the molecule is O=c1c2c3c(sc2ncn1CC(O)CN1CCOCC1)CCCC3. The first-order chi connectivity index (χ1) is 11.7. The number of rotatable bonds is 4. The van der Waals surface area contributed by atoms with Crippen LogP contribution < -0.4 is 5.56 Å². The molecule has 4 rings (SSSR count). The van der Waals surface area contributed by atoms with Gasteiger partial charge < -0.3 is 9.84 Å². The predicted octanol–water partition coefficient (Wildman–Crippen LogP) is 1.03. The van der Waals surface area contributed by atoms with E-state index in [0.717, 1.165) is 42.6 Å². The Morgan fingerprint density at radius 3 is 2.88 bits per heavy atom. The summed E-state index contributed by atoms with van der Waals surface area (Å²) in [6.45, 7) is 3.95. The molecule has 0 aromatic carbocycles. The largest absolute Gasteiger partial charge is 0.390 e. The Hall–Kier alpha value is -1.28. The van der Waals surface area contributed by atoms with Gasteiger partial charge in [0.25, 0.3) is 5.56 Å². The van der Waals surface area contributed by atoms with Gasteiger partial charge in [0.2, 0.25) is 0 Å². The molecule has 24 heavy (non-hydrogen) atoms. The van der Waals surface area contributed by atoms with Crippen molar-refractivity contribution in [3.8, 4) is 0 Å². The molecule has 0 bridgehead atoms. The van der Waals surface area contributed by atoms with Gasteiger partial charge in [0.05, 0.1) is 37.6 Å². The van der Waals surface area contributed by atoms with Crippen LogP contribution in [0.4, 0.5) is 0 Å². The zero-order valence-electron chi connectivity index (χ0n) is 13.7. The summed E-state index contributed by atoms with van der Waals surface area (Å²) in [5, 5.41) is 11.2. The first-order valence-electron chi connectivity index (χ1n) is 8.70. The van der Waals surface area contributed by atoms with Gasteiger partial charge in [-0.3, -0.25) is 14.3 Å². The van der Waals surface area contributed by atoms with E-state index < -0.39 is 6.10 Å². The second-order valence-electron chi connectivity index (χ2n) is 6.66. The molecule has 2 aromatic rings. The number of nitrogens with zero attached hydrogens (tertiary/aromatic N) is 3. The summed E-state index contributed by atoms with van der Waals surface area (Å²) >= 11 is 1.66. The first kappa shape index (κ1) is 16.2. The van der Waals surface area contributed by atoms with E-state index in [1.165, 1.54) is 16.9 Å². The van der Waals surface area contributed by atoms with Crippen molar-refractivity contribution in [2.24, 2.45) is 0 Å². The predicted molar refractivity (Wildman–Crippen MR) is 93.8 cm³/mol. The van der Waals surface area contributed by atoms with Crippen molar-refractivity contribution in [3.05, 3.63) is 27.1 Å². The Kier molecular flexibility index (Phi) is 4.67. The summed E-state index contributed by atoms with van der Waals surface area (Å²) in [7, 11) is 0. The minimum Gasteiger partial charge on any atom is -0.390 e. The van der Waals surface area contributed by atoms with Crippen LogP contribution in [0.3, 0.4) is 0 Å². The van der Waals surface area contributed by atoms with E-state index in [0.29, 0.717) is 26.3 Å². The molecule has 1 fully saturated rings. The highest BCUT2D eigenvalue weighted by Gasteiger charge is 2.21. The fourth-order valence-electron chi connectivity index (χ4n) is 3.68. The number of aliphatic hydroxyl groups excluding tert-OH is 1. The summed E-state index contributed by atoms with van der Waals surface area (Å²) in [5.74, 6) is 0. The Morgan fingerprint density at radius 1 is 1.25 bits per heavy atom. The zero-order chi connectivity index (χ0) is 16.5. The van der Waals surface area contributed by atoms with E-state index in [1.54, 1.807) is 22.2 Å². The Bertz CT molecular complexity index is 779. The van der Waals surface area contributed by atoms with E-state index in [2.05, 4.69) is 9.88 Å². The number of aromatic nitrogens is 2. The van der Waals surface area contributed by atoms with Crippen molar-refractivity contribution in [1.82, 2.24) is 14.5 Å². The number of aliphatic hydroxyl groups is 1. The number of ether oxygens (including phenoxy) is 1. The van der Waals surface area contributed by atoms with Crippen LogP contribution in [0.15, 0.2) is 11.1 Å². The van der Waals surface area contributed by atoms with Gasteiger partial charge in [0.15, 0.2) is 0 Å². The molecule has 7 heteroatoms. The molecule has 1 aliphatic carbocycles. The molecule has 1 atom stereocenters. The van der Waals surface area contributed by atoms with Crippen molar-refractivity contribution in [2.75, 3.05) is 32.8 Å². The molecule has 0 radical (unpaired) electrons. The lowest BCUT2D eigenvalue weighted by Gasteiger charge is -2.28. The van der Waals surface area contributed by atoms with Gasteiger partial charge in [-0.1, -0.05) is 0 Å². The topological polar surface area (TPSA) is 67.6 Å². The van der Waals surface area contributed by atoms with Crippen molar-refractivity contribution in [3.63, 3.8) is 0 Å². The maximum Gasteiger partial charge on any atom is 0.262 e. The normalized spacial score (nSPS) is 20.2. The summed E-state index contributed by atoms with van der Waals surface area (Å²) in [4.78, 5) is 21.7. The van der Waals surface area contributed by atoms with Gasteiger partial charge in [-0.2, -0.15) is 0 Å². The second-order valence-corrected chi connectivity index (χ2v) is 7.74. The highest BCUT2D eigenvalue weighted by Crippen LogP contribution is 2.33. The van der Waals surface area contributed by atoms with Crippen molar-refractivity contribution in [2.45, 2.75) is 38.3 Å². The number of thiophene rings is 1. The molecule has 1 unspecified atom stereocenters. The number of hydrogen-bond donors (Lipinski definition) is 1. The number of aryl methyl sites for hydroxylation is 2. The van der Waals surface area contributed by atoms with Crippen LogP contribution in [0.2, 0.25) is 0 Å². The lowest BCUT2D eigenvalue weighted by Crippen LogP contribution is -2.42. The zero-order valence-corrected chi connectivity index (χ0v) is 14.6. The molecular formula is C17H23N3O3S. The minimum atomic E-state index is -0.575. The molecule has 1 saturated heterocycles. The quantitative estimate of drug-likeness (QED) is 0.893. The Balaban J connectivity index is 1.55. The van der Waals surface area contributed by atoms with Crippen LogP contribution in [0.1, 0.15) is 23.3 Å². The van der Waals surface area contributed by atoms with Crippen LogP contribution in [0.5, 0.6) is 0 Å². The minimum absolute atomic E-state index is 0.000396. The monoisotopic (exact) mass is 349 g/mol. The maximum absolute atomic E-state index is 12.9. The fourth-order valence-corrected chi connectivity index (χ4v) is 4.90. The van der Waals surface area contributed by atoms with Gasteiger partial charge in [-0.25, -0.2) is 4.98 Å². The van der Waals surface area contributed by atoms with Crippen LogP contribution in [0.25, 0.3) is 10.2 Å². The molecule has 6 nitrogen and oxygen atoms in total. The Labute approximate surface area is 144 Å². The van der Waals surface area contributed by atoms with Crippen LogP contribution >= 0.6 is 11.3 Å². The standard InChI is InChI=1S/C17H23N3O3S/c21-12(9-19-5-7-23-8-6-19)10-20-11-18-16-15(17(20)22)13-3-1-2-4-14(13)24-16/h11-12,21H,1-10H2. The van der Waals surface area contributed by atoms with E-state index in [9.17, 15) is 9.90 Å². The summed E-state index contributed by atoms with van der Waals surface area (Å²) in [5.41, 5.74) is 1.20. The number of fused-ring (bicyclic) bond motifs is 3. The fraction of sp³-hybridized carbons (Fsp3) is 0.647. The molecule has 2 aromatic heterocycles. The van der Waals surface area contributed by atoms with Crippen molar-refractivity contribution in [1.29, 1.82) is 0 Å². The second kappa shape index (κ2) is 6.92. The molecule has 3 heterocycles. The molecular weight excluding hydrogens is 326 g/mol. The van der Waals surface area contributed by atoms with Gasteiger partial charge in [-0.15, -0.1) is 11.3 Å². The first-order valence-corrected chi connectivity index (χ1v) is 9.52. The van der Waals surface area contributed by atoms with Crippen LogP contribution in [-0.4, -0.2) is 58.5 Å².